The van der Waals surface area contributed by atoms with Gasteiger partial charge >= 0.3 is 0 Å². The Hall–Kier alpha value is -1.70. The quantitative estimate of drug-likeness (QED) is 0.868. The van der Waals surface area contributed by atoms with Crippen molar-refractivity contribution in [1.82, 2.24) is 9.62 Å². The second-order valence-electron chi connectivity index (χ2n) is 5.35. The minimum absolute atomic E-state index is 0.207. The molecule has 0 aliphatic rings. The van der Waals surface area contributed by atoms with Gasteiger partial charge in [0.05, 0.1) is 6.26 Å². The molecular formula is C16H20N2O3S2. The van der Waals surface area contributed by atoms with Crippen LogP contribution in [0.5, 0.6) is 0 Å². The molecule has 1 N–H and O–H groups in total. The van der Waals surface area contributed by atoms with Crippen LogP contribution in [0.4, 0.5) is 0 Å². The number of likely N-dealkylation sites (N-methyl/N-ethyl adjacent to an activating group) is 1. The maximum absolute atomic E-state index is 12.1. The SMILES string of the molecule is Cc1ccsc1-c1ccc(C(=O)NCCN(C)S(C)(=O)=O)cc1. The van der Waals surface area contributed by atoms with E-state index >= 15 is 0 Å². The normalized spacial score (nSPS) is 11.7. The molecular weight excluding hydrogens is 332 g/mol. The number of benzene rings is 1. The zero-order valence-corrected chi connectivity index (χ0v) is 15.0. The van der Waals surface area contributed by atoms with E-state index in [0.29, 0.717) is 5.56 Å². The molecule has 0 bridgehead atoms. The smallest absolute Gasteiger partial charge is 0.251 e. The Morgan fingerprint density at radius 2 is 1.87 bits per heavy atom. The Morgan fingerprint density at radius 1 is 1.22 bits per heavy atom. The zero-order valence-electron chi connectivity index (χ0n) is 13.4. The molecule has 2 aromatic rings. The van der Waals surface area contributed by atoms with E-state index in [1.54, 1.807) is 23.5 Å². The number of hydrogen-bond donors (Lipinski definition) is 1. The molecule has 0 saturated carbocycles. The van der Waals surface area contributed by atoms with Gasteiger partial charge in [-0.2, -0.15) is 0 Å². The van der Waals surface area contributed by atoms with Crippen molar-refractivity contribution in [3.63, 3.8) is 0 Å². The van der Waals surface area contributed by atoms with Crippen molar-refractivity contribution >= 4 is 27.3 Å². The van der Waals surface area contributed by atoms with E-state index in [1.165, 1.54) is 21.8 Å². The monoisotopic (exact) mass is 352 g/mol. The third kappa shape index (κ3) is 4.63. The second-order valence-corrected chi connectivity index (χ2v) is 8.36. The van der Waals surface area contributed by atoms with Crippen molar-refractivity contribution < 1.29 is 13.2 Å². The molecule has 0 radical (unpaired) electrons. The van der Waals surface area contributed by atoms with E-state index in [0.717, 1.165) is 11.8 Å². The van der Waals surface area contributed by atoms with E-state index in [2.05, 4.69) is 18.3 Å². The van der Waals surface area contributed by atoms with Gasteiger partial charge in [0, 0.05) is 30.6 Å². The Kier molecular flexibility index (Phi) is 5.56. The minimum Gasteiger partial charge on any atom is -0.351 e. The first-order chi connectivity index (χ1) is 10.8. The summed E-state index contributed by atoms with van der Waals surface area (Å²) in [5.74, 6) is -0.207. The van der Waals surface area contributed by atoms with Gasteiger partial charge in [-0.25, -0.2) is 12.7 Å². The summed E-state index contributed by atoms with van der Waals surface area (Å²) in [6.45, 7) is 2.58. The van der Waals surface area contributed by atoms with Gasteiger partial charge in [0.15, 0.2) is 0 Å². The number of sulfonamides is 1. The predicted molar refractivity (Wildman–Crippen MR) is 94.3 cm³/mol. The van der Waals surface area contributed by atoms with Gasteiger partial charge < -0.3 is 5.32 Å². The van der Waals surface area contributed by atoms with Gasteiger partial charge in [0.2, 0.25) is 10.0 Å². The zero-order chi connectivity index (χ0) is 17.0. The third-order valence-electron chi connectivity index (χ3n) is 3.55. The summed E-state index contributed by atoms with van der Waals surface area (Å²) in [4.78, 5) is 13.3. The first-order valence-electron chi connectivity index (χ1n) is 7.13. The number of nitrogens with zero attached hydrogens (tertiary/aromatic N) is 1. The molecule has 1 amide bonds. The van der Waals surface area contributed by atoms with E-state index < -0.39 is 10.0 Å². The number of carbonyl (C=O) groups is 1. The molecule has 1 heterocycles. The fraction of sp³-hybridized carbons (Fsp3) is 0.312. The second kappa shape index (κ2) is 7.25. The maximum Gasteiger partial charge on any atom is 0.251 e. The molecule has 0 unspecified atom stereocenters. The number of thiophene rings is 1. The molecule has 0 spiro atoms. The van der Waals surface area contributed by atoms with Gasteiger partial charge in [-0.15, -0.1) is 11.3 Å². The number of hydrogen-bond acceptors (Lipinski definition) is 4. The number of amides is 1. The molecule has 0 atom stereocenters. The van der Waals surface area contributed by atoms with Gasteiger partial charge in [-0.1, -0.05) is 12.1 Å². The molecule has 1 aromatic carbocycles. The Morgan fingerprint density at radius 3 is 2.39 bits per heavy atom. The summed E-state index contributed by atoms with van der Waals surface area (Å²) in [6, 6.07) is 9.49. The van der Waals surface area contributed by atoms with E-state index in [1.807, 2.05) is 17.5 Å². The fourth-order valence-corrected chi connectivity index (χ4v) is 3.39. The Balaban J connectivity index is 1.95. The highest BCUT2D eigenvalue weighted by Crippen LogP contribution is 2.28. The summed E-state index contributed by atoms with van der Waals surface area (Å²) in [7, 11) is -1.73. The summed E-state index contributed by atoms with van der Waals surface area (Å²) < 4.78 is 23.7. The molecule has 0 fully saturated rings. The lowest BCUT2D eigenvalue weighted by atomic mass is 10.1. The summed E-state index contributed by atoms with van der Waals surface area (Å²) in [5.41, 5.74) is 2.87. The average molecular weight is 352 g/mol. The molecule has 5 nitrogen and oxygen atoms in total. The first kappa shape index (κ1) is 17.7. The van der Waals surface area contributed by atoms with Crippen molar-refractivity contribution in [1.29, 1.82) is 0 Å². The average Bonchev–Trinajstić information content (AvgIpc) is 2.92. The van der Waals surface area contributed by atoms with Crippen LogP contribution >= 0.6 is 11.3 Å². The van der Waals surface area contributed by atoms with Crippen LogP contribution in [-0.2, 0) is 10.0 Å². The molecule has 1 aromatic heterocycles. The largest absolute Gasteiger partial charge is 0.351 e. The molecule has 7 heteroatoms. The van der Waals surface area contributed by atoms with Crippen molar-refractivity contribution in [2.75, 3.05) is 26.4 Å². The van der Waals surface area contributed by atoms with Crippen molar-refractivity contribution in [2.45, 2.75) is 6.92 Å². The van der Waals surface area contributed by atoms with Gasteiger partial charge in [0.25, 0.3) is 5.91 Å². The van der Waals surface area contributed by atoms with Gasteiger partial charge in [0.1, 0.15) is 0 Å². The highest BCUT2D eigenvalue weighted by molar-refractivity contribution is 7.88. The third-order valence-corrected chi connectivity index (χ3v) is 5.93. The van der Waals surface area contributed by atoms with Crippen LogP contribution in [0.2, 0.25) is 0 Å². The Bertz CT molecular complexity index is 780. The predicted octanol–water partition coefficient (Wildman–Crippen LogP) is 2.34. The van der Waals surface area contributed by atoms with Crippen LogP contribution in [0.1, 0.15) is 15.9 Å². The Labute approximate surface area is 141 Å². The lowest BCUT2D eigenvalue weighted by Crippen LogP contribution is -2.35. The first-order valence-corrected chi connectivity index (χ1v) is 9.86. The minimum atomic E-state index is -3.22. The number of rotatable bonds is 6. The van der Waals surface area contributed by atoms with Gasteiger partial charge in [-0.3, -0.25) is 4.79 Å². The molecule has 124 valence electrons. The topological polar surface area (TPSA) is 66.5 Å². The van der Waals surface area contributed by atoms with Crippen molar-refractivity contribution in [3.8, 4) is 10.4 Å². The molecule has 0 saturated heterocycles. The maximum atomic E-state index is 12.1. The summed E-state index contributed by atoms with van der Waals surface area (Å²) >= 11 is 1.67. The van der Waals surface area contributed by atoms with E-state index in [9.17, 15) is 13.2 Å². The highest BCUT2D eigenvalue weighted by Gasteiger charge is 2.11. The van der Waals surface area contributed by atoms with E-state index in [-0.39, 0.29) is 19.0 Å². The highest BCUT2D eigenvalue weighted by atomic mass is 32.2. The van der Waals surface area contributed by atoms with Crippen molar-refractivity contribution in [3.05, 3.63) is 46.8 Å². The number of carbonyl (C=O) groups excluding carboxylic acids is 1. The van der Waals surface area contributed by atoms with Crippen LogP contribution in [0.15, 0.2) is 35.7 Å². The van der Waals surface area contributed by atoms with Crippen molar-refractivity contribution in [2.24, 2.45) is 0 Å². The lowest BCUT2D eigenvalue weighted by molar-refractivity contribution is 0.0952. The van der Waals surface area contributed by atoms with E-state index in [4.69, 9.17) is 0 Å². The van der Waals surface area contributed by atoms with Crippen LogP contribution in [-0.4, -0.2) is 45.0 Å². The summed E-state index contributed by atoms with van der Waals surface area (Å²) in [5, 5.41) is 4.77. The number of aryl methyl sites for hydroxylation is 1. The standard InChI is InChI=1S/C16H20N2O3S2/c1-12-8-11-22-15(12)13-4-6-14(7-5-13)16(19)17-9-10-18(2)23(3,20)21/h4-8,11H,9-10H2,1-3H3,(H,17,19). The molecule has 0 aliphatic heterocycles. The van der Waals surface area contributed by atoms with Crippen LogP contribution in [0.3, 0.4) is 0 Å². The molecule has 0 aliphatic carbocycles. The number of nitrogens with one attached hydrogen (secondary N) is 1. The lowest BCUT2D eigenvalue weighted by Gasteiger charge is -2.14. The van der Waals surface area contributed by atoms with Crippen LogP contribution in [0, 0.1) is 6.92 Å². The van der Waals surface area contributed by atoms with Gasteiger partial charge in [-0.05, 0) is 41.6 Å². The van der Waals surface area contributed by atoms with Crippen LogP contribution < -0.4 is 5.32 Å². The van der Waals surface area contributed by atoms with Crippen LogP contribution in [0.25, 0.3) is 10.4 Å². The molecule has 2 rings (SSSR count). The fourth-order valence-electron chi connectivity index (χ4n) is 2.04. The summed E-state index contributed by atoms with van der Waals surface area (Å²) in [6.07, 6.45) is 1.14. The molecule has 23 heavy (non-hydrogen) atoms.